The Hall–Kier alpha value is -2.65. The zero-order valence-corrected chi connectivity index (χ0v) is 13.1. The predicted molar refractivity (Wildman–Crippen MR) is 92.3 cm³/mol. The molecular weight excluding hydrogens is 308 g/mol. The van der Waals surface area contributed by atoms with E-state index in [1.807, 2.05) is 48.5 Å². The number of hydrogen-bond donors (Lipinski definition) is 1. The first kappa shape index (κ1) is 15.3. The lowest BCUT2D eigenvalue weighted by Crippen LogP contribution is -2.22. The van der Waals surface area contributed by atoms with Crippen molar-refractivity contribution in [3.8, 4) is 11.1 Å². The first-order valence-corrected chi connectivity index (χ1v) is 7.63. The van der Waals surface area contributed by atoms with Crippen LogP contribution in [0.3, 0.4) is 0 Å². The van der Waals surface area contributed by atoms with Crippen LogP contribution < -0.4 is 5.32 Å². The molecule has 23 heavy (non-hydrogen) atoms. The Labute approximate surface area is 140 Å². The Morgan fingerprint density at radius 2 is 1.43 bits per heavy atom. The minimum atomic E-state index is -0.103. The highest BCUT2D eigenvalue weighted by molar-refractivity contribution is 6.30. The van der Waals surface area contributed by atoms with Crippen molar-refractivity contribution >= 4 is 17.5 Å². The van der Waals surface area contributed by atoms with E-state index in [0.29, 0.717) is 12.1 Å². The first-order valence-electron chi connectivity index (χ1n) is 7.25. The molecule has 3 rings (SSSR count). The molecule has 3 aromatic rings. The highest BCUT2D eigenvalue weighted by atomic mass is 35.5. The number of benzene rings is 2. The van der Waals surface area contributed by atoms with Crippen LogP contribution >= 0.6 is 11.6 Å². The molecule has 1 amide bonds. The Balaban J connectivity index is 1.64. The molecule has 0 fully saturated rings. The van der Waals surface area contributed by atoms with Crippen LogP contribution in [0.1, 0.15) is 15.9 Å². The van der Waals surface area contributed by atoms with E-state index in [1.54, 1.807) is 24.5 Å². The third-order valence-corrected chi connectivity index (χ3v) is 3.78. The standard InChI is InChI=1S/C19H15ClN2O/c20-18-7-5-16(6-8-18)15-3-1-14(2-4-15)13-22-19(23)17-9-11-21-12-10-17/h1-12H,13H2,(H,22,23). The molecule has 2 aromatic carbocycles. The van der Waals surface area contributed by atoms with Crippen LogP contribution in [0.25, 0.3) is 11.1 Å². The predicted octanol–water partition coefficient (Wildman–Crippen LogP) is 4.33. The fraction of sp³-hybridized carbons (Fsp3) is 0.0526. The molecule has 0 bridgehead atoms. The van der Waals surface area contributed by atoms with Crippen LogP contribution in [-0.4, -0.2) is 10.9 Å². The van der Waals surface area contributed by atoms with Gasteiger partial charge in [0.1, 0.15) is 0 Å². The maximum atomic E-state index is 12.0. The van der Waals surface area contributed by atoms with Gasteiger partial charge in [0.2, 0.25) is 0 Å². The molecule has 0 aliphatic rings. The first-order chi connectivity index (χ1) is 11.2. The maximum Gasteiger partial charge on any atom is 0.251 e. The Morgan fingerprint density at radius 1 is 0.870 bits per heavy atom. The van der Waals surface area contributed by atoms with Crippen molar-refractivity contribution in [2.45, 2.75) is 6.54 Å². The van der Waals surface area contributed by atoms with Gasteiger partial charge < -0.3 is 5.32 Å². The lowest BCUT2D eigenvalue weighted by Gasteiger charge is -2.07. The summed E-state index contributed by atoms with van der Waals surface area (Å²) in [5, 5.41) is 3.62. The van der Waals surface area contributed by atoms with E-state index in [2.05, 4.69) is 10.3 Å². The Bertz CT molecular complexity index is 784. The number of aromatic nitrogens is 1. The van der Waals surface area contributed by atoms with Crippen LogP contribution in [0, 0.1) is 0 Å². The number of nitrogens with one attached hydrogen (secondary N) is 1. The van der Waals surface area contributed by atoms with Crippen molar-refractivity contribution < 1.29 is 4.79 Å². The quantitative estimate of drug-likeness (QED) is 0.776. The van der Waals surface area contributed by atoms with Gasteiger partial charge in [-0.05, 0) is 41.0 Å². The van der Waals surface area contributed by atoms with Crippen LogP contribution in [0.4, 0.5) is 0 Å². The fourth-order valence-corrected chi connectivity index (χ4v) is 2.37. The van der Waals surface area contributed by atoms with Gasteiger partial charge in [-0.25, -0.2) is 0 Å². The Kier molecular flexibility index (Phi) is 4.69. The summed E-state index contributed by atoms with van der Waals surface area (Å²) >= 11 is 5.90. The normalized spacial score (nSPS) is 10.3. The van der Waals surface area contributed by atoms with Gasteiger partial charge in [0, 0.05) is 29.5 Å². The second-order valence-electron chi connectivity index (χ2n) is 5.12. The van der Waals surface area contributed by atoms with Crippen molar-refractivity contribution in [2.75, 3.05) is 0 Å². The molecule has 114 valence electrons. The van der Waals surface area contributed by atoms with Crippen LogP contribution in [0.5, 0.6) is 0 Å². The van der Waals surface area contributed by atoms with Crippen molar-refractivity contribution in [1.29, 1.82) is 0 Å². The van der Waals surface area contributed by atoms with Crippen molar-refractivity contribution in [1.82, 2.24) is 10.3 Å². The van der Waals surface area contributed by atoms with Crippen molar-refractivity contribution in [3.63, 3.8) is 0 Å². The van der Waals surface area contributed by atoms with Gasteiger partial charge in [0.15, 0.2) is 0 Å². The molecule has 0 aliphatic carbocycles. The number of carbonyl (C=O) groups excluding carboxylic acids is 1. The molecule has 0 spiro atoms. The summed E-state index contributed by atoms with van der Waals surface area (Å²) in [4.78, 5) is 15.9. The SMILES string of the molecule is O=C(NCc1ccc(-c2ccc(Cl)cc2)cc1)c1ccncc1. The molecule has 0 unspecified atom stereocenters. The second kappa shape index (κ2) is 7.07. The van der Waals surface area contributed by atoms with E-state index in [9.17, 15) is 4.79 Å². The highest BCUT2D eigenvalue weighted by Gasteiger charge is 2.04. The largest absolute Gasteiger partial charge is 0.348 e. The lowest BCUT2D eigenvalue weighted by molar-refractivity contribution is 0.0951. The number of nitrogens with zero attached hydrogens (tertiary/aromatic N) is 1. The van der Waals surface area contributed by atoms with Crippen molar-refractivity contribution in [2.24, 2.45) is 0 Å². The zero-order chi connectivity index (χ0) is 16.1. The number of pyridine rings is 1. The van der Waals surface area contributed by atoms with Gasteiger partial charge in [-0.1, -0.05) is 48.0 Å². The summed E-state index contributed by atoms with van der Waals surface area (Å²) in [7, 11) is 0. The summed E-state index contributed by atoms with van der Waals surface area (Å²) in [6, 6.07) is 19.2. The molecule has 1 aromatic heterocycles. The number of rotatable bonds is 4. The lowest BCUT2D eigenvalue weighted by atomic mass is 10.0. The molecule has 1 N–H and O–H groups in total. The molecule has 0 saturated carbocycles. The summed E-state index contributed by atoms with van der Waals surface area (Å²) in [5.41, 5.74) is 3.88. The molecule has 1 heterocycles. The zero-order valence-electron chi connectivity index (χ0n) is 12.4. The summed E-state index contributed by atoms with van der Waals surface area (Å²) in [5.74, 6) is -0.103. The average Bonchev–Trinajstić information content (AvgIpc) is 2.61. The van der Waals surface area contributed by atoms with Gasteiger partial charge in [-0.15, -0.1) is 0 Å². The Morgan fingerprint density at radius 3 is 2.04 bits per heavy atom. The number of amides is 1. The average molecular weight is 323 g/mol. The smallest absolute Gasteiger partial charge is 0.251 e. The van der Waals surface area contributed by atoms with Gasteiger partial charge in [-0.2, -0.15) is 0 Å². The van der Waals surface area contributed by atoms with E-state index in [4.69, 9.17) is 11.6 Å². The van der Waals surface area contributed by atoms with Crippen LogP contribution in [0.15, 0.2) is 73.1 Å². The van der Waals surface area contributed by atoms with Gasteiger partial charge >= 0.3 is 0 Å². The topological polar surface area (TPSA) is 42.0 Å². The molecular formula is C19H15ClN2O. The highest BCUT2D eigenvalue weighted by Crippen LogP contribution is 2.21. The summed E-state index contributed by atoms with van der Waals surface area (Å²) < 4.78 is 0. The van der Waals surface area contributed by atoms with Crippen LogP contribution in [0.2, 0.25) is 5.02 Å². The van der Waals surface area contributed by atoms with E-state index < -0.39 is 0 Å². The molecule has 0 atom stereocenters. The van der Waals surface area contributed by atoms with E-state index >= 15 is 0 Å². The third kappa shape index (κ3) is 3.96. The minimum Gasteiger partial charge on any atom is -0.348 e. The molecule has 4 heteroatoms. The summed E-state index contributed by atoms with van der Waals surface area (Å²) in [6.07, 6.45) is 3.21. The van der Waals surface area contributed by atoms with Crippen LogP contribution in [-0.2, 0) is 6.54 Å². The van der Waals surface area contributed by atoms with E-state index in [-0.39, 0.29) is 5.91 Å². The van der Waals surface area contributed by atoms with Gasteiger partial charge in [-0.3, -0.25) is 9.78 Å². The molecule has 0 aliphatic heterocycles. The molecule has 3 nitrogen and oxygen atoms in total. The monoisotopic (exact) mass is 322 g/mol. The van der Waals surface area contributed by atoms with Crippen molar-refractivity contribution in [3.05, 3.63) is 89.2 Å². The van der Waals surface area contributed by atoms with E-state index in [0.717, 1.165) is 21.7 Å². The van der Waals surface area contributed by atoms with E-state index in [1.165, 1.54) is 0 Å². The number of halogens is 1. The fourth-order valence-electron chi connectivity index (χ4n) is 2.25. The molecule has 0 saturated heterocycles. The second-order valence-corrected chi connectivity index (χ2v) is 5.56. The molecule has 0 radical (unpaired) electrons. The summed E-state index contributed by atoms with van der Waals surface area (Å²) in [6.45, 7) is 0.488. The van der Waals surface area contributed by atoms with Gasteiger partial charge in [0.25, 0.3) is 5.91 Å². The third-order valence-electron chi connectivity index (χ3n) is 3.53. The maximum absolute atomic E-state index is 12.0. The number of hydrogen-bond acceptors (Lipinski definition) is 2. The van der Waals surface area contributed by atoms with Gasteiger partial charge in [0.05, 0.1) is 0 Å². The minimum absolute atomic E-state index is 0.103. The number of carbonyl (C=O) groups is 1.